The zero-order valence-electron chi connectivity index (χ0n) is 15.7. The van der Waals surface area contributed by atoms with Crippen LogP contribution in [0.3, 0.4) is 0 Å². The van der Waals surface area contributed by atoms with Gasteiger partial charge in [-0.3, -0.25) is 4.79 Å². The third-order valence-electron chi connectivity index (χ3n) is 5.00. The van der Waals surface area contributed by atoms with Crippen LogP contribution in [0.4, 0.5) is 0 Å². The Balaban J connectivity index is 1.47. The quantitative estimate of drug-likeness (QED) is 0.435. The van der Waals surface area contributed by atoms with Gasteiger partial charge in [-0.1, -0.05) is 0 Å². The minimum absolute atomic E-state index is 0.214. The van der Waals surface area contributed by atoms with Crippen molar-refractivity contribution in [2.45, 2.75) is 32.6 Å². The van der Waals surface area contributed by atoms with Gasteiger partial charge < -0.3 is 9.72 Å². The Morgan fingerprint density at radius 3 is 2.93 bits per heavy atom. The fourth-order valence-electron chi connectivity index (χ4n) is 3.65. The van der Waals surface area contributed by atoms with E-state index in [-0.39, 0.29) is 5.91 Å². The number of halogens is 1. The van der Waals surface area contributed by atoms with E-state index < -0.39 is 0 Å². The van der Waals surface area contributed by atoms with Gasteiger partial charge in [0.2, 0.25) is 0 Å². The number of nitrogens with zero attached hydrogens (tertiary/aromatic N) is 1. The number of fused-ring (bicyclic) bond motifs is 3. The first-order valence-electron chi connectivity index (χ1n) is 9.55. The SMILES string of the molecule is CCOc1ccc(/C=N\NC(=O)c2ccc3[nH]c4c(c3c2)CCCC4)cc1Br. The summed E-state index contributed by atoms with van der Waals surface area (Å²) in [6.07, 6.45) is 6.22. The van der Waals surface area contributed by atoms with E-state index in [1.807, 2.05) is 43.3 Å². The van der Waals surface area contributed by atoms with Gasteiger partial charge >= 0.3 is 0 Å². The second-order valence-electron chi connectivity index (χ2n) is 6.87. The highest BCUT2D eigenvalue weighted by Crippen LogP contribution is 2.29. The molecule has 0 bridgehead atoms. The van der Waals surface area contributed by atoms with Crippen molar-refractivity contribution in [1.29, 1.82) is 0 Å². The second kappa shape index (κ2) is 8.19. The van der Waals surface area contributed by atoms with Crippen LogP contribution in [0.25, 0.3) is 10.9 Å². The van der Waals surface area contributed by atoms with Crippen molar-refractivity contribution in [3.05, 3.63) is 63.3 Å². The number of aromatic amines is 1. The third kappa shape index (κ3) is 3.83. The number of aryl methyl sites for hydroxylation is 2. The molecule has 0 saturated heterocycles. The van der Waals surface area contributed by atoms with E-state index in [9.17, 15) is 4.79 Å². The average molecular weight is 440 g/mol. The van der Waals surface area contributed by atoms with Gasteiger partial charge in [0, 0.05) is 22.2 Å². The van der Waals surface area contributed by atoms with Crippen LogP contribution in [0.1, 0.15) is 46.9 Å². The number of carbonyl (C=O) groups is 1. The van der Waals surface area contributed by atoms with Crippen LogP contribution in [-0.4, -0.2) is 23.7 Å². The molecule has 5 nitrogen and oxygen atoms in total. The number of hydrazone groups is 1. The summed E-state index contributed by atoms with van der Waals surface area (Å²) >= 11 is 3.48. The van der Waals surface area contributed by atoms with Crippen LogP contribution in [0.2, 0.25) is 0 Å². The van der Waals surface area contributed by atoms with Gasteiger partial charge in [0.25, 0.3) is 5.91 Å². The maximum atomic E-state index is 12.5. The van der Waals surface area contributed by atoms with Gasteiger partial charge in [-0.15, -0.1) is 0 Å². The number of hydrogen-bond donors (Lipinski definition) is 2. The van der Waals surface area contributed by atoms with E-state index in [4.69, 9.17) is 4.74 Å². The van der Waals surface area contributed by atoms with Gasteiger partial charge in [0.1, 0.15) is 5.75 Å². The van der Waals surface area contributed by atoms with E-state index in [0.717, 1.165) is 39.5 Å². The largest absolute Gasteiger partial charge is 0.493 e. The van der Waals surface area contributed by atoms with Gasteiger partial charge in [0.15, 0.2) is 0 Å². The van der Waals surface area contributed by atoms with Crippen LogP contribution >= 0.6 is 15.9 Å². The first-order valence-corrected chi connectivity index (χ1v) is 10.3. The summed E-state index contributed by atoms with van der Waals surface area (Å²) in [7, 11) is 0. The average Bonchev–Trinajstić information content (AvgIpc) is 3.08. The van der Waals surface area contributed by atoms with Crippen molar-refractivity contribution in [3.63, 3.8) is 0 Å². The molecule has 0 unspecified atom stereocenters. The molecule has 0 atom stereocenters. The molecule has 6 heteroatoms. The van der Waals surface area contributed by atoms with E-state index in [2.05, 4.69) is 31.4 Å². The molecule has 1 aliphatic rings. The Kier molecular flexibility index (Phi) is 5.48. The smallest absolute Gasteiger partial charge is 0.271 e. The normalized spacial score (nSPS) is 13.6. The Morgan fingerprint density at radius 1 is 1.25 bits per heavy atom. The molecule has 0 spiro atoms. The number of aromatic nitrogens is 1. The van der Waals surface area contributed by atoms with Gasteiger partial charge in [-0.05, 0) is 96.1 Å². The molecule has 144 valence electrons. The number of rotatable bonds is 5. The molecule has 1 heterocycles. The maximum absolute atomic E-state index is 12.5. The summed E-state index contributed by atoms with van der Waals surface area (Å²) in [5.74, 6) is 0.570. The fraction of sp³-hybridized carbons (Fsp3) is 0.273. The molecule has 0 saturated carbocycles. The highest BCUT2D eigenvalue weighted by atomic mass is 79.9. The van der Waals surface area contributed by atoms with E-state index in [1.54, 1.807) is 6.21 Å². The monoisotopic (exact) mass is 439 g/mol. The molecule has 1 amide bonds. The lowest BCUT2D eigenvalue weighted by Crippen LogP contribution is -2.17. The van der Waals surface area contributed by atoms with Crippen molar-refractivity contribution in [1.82, 2.24) is 10.4 Å². The Morgan fingerprint density at radius 2 is 2.11 bits per heavy atom. The molecule has 0 aliphatic heterocycles. The molecule has 2 aromatic carbocycles. The van der Waals surface area contributed by atoms with Crippen LogP contribution < -0.4 is 10.2 Å². The lowest BCUT2D eigenvalue weighted by molar-refractivity contribution is 0.0955. The summed E-state index contributed by atoms with van der Waals surface area (Å²) in [5, 5.41) is 5.25. The number of hydrogen-bond acceptors (Lipinski definition) is 3. The highest BCUT2D eigenvalue weighted by molar-refractivity contribution is 9.10. The Labute approximate surface area is 172 Å². The van der Waals surface area contributed by atoms with E-state index in [1.165, 1.54) is 24.1 Å². The first-order chi connectivity index (χ1) is 13.7. The van der Waals surface area contributed by atoms with Crippen molar-refractivity contribution in [2.75, 3.05) is 6.61 Å². The zero-order chi connectivity index (χ0) is 19.5. The molecular weight excluding hydrogens is 418 g/mol. The first kappa shape index (κ1) is 18.7. The second-order valence-corrected chi connectivity index (χ2v) is 7.73. The van der Waals surface area contributed by atoms with Gasteiger partial charge in [0.05, 0.1) is 17.3 Å². The third-order valence-corrected chi connectivity index (χ3v) is 5.62. The van der Waals surface area contributed by atoms with E-state index >= 15 is 0 Å². The molecule has 4 rings (SSSR count). The number of H-pyrrole nitrogens is 1. The molecule has 3 aromatic rings. The van der Waals surface area contributed by atoms with Crippen LogP contribution in [-0.2, 0) is 12.8 Å². The predicted molar refractivity (Wildman–Crippen MR) is 115 cm³/mol. The van der Waals surface area contributed by atoms with Crippen LogP contribution in [0.15, 0.2) is 46.0 Å². The summed E-state index contributed by atoms with van der Waals surface area (Å²) < 4.78 is 6.35. The number of carbonyl (C=O) groups excluding carboxylic acids is 1. The number of benzene rings is 2. The zero-order valence-corrected chi connectivity index (χ0v) is 17.3. The van der Waals surface area contributed by atoms with Gasteiger partial charge in [-0.2, -0.15) is 5.10 Å². The highest BCUT2D eigenvalue weighted by Gasteiger charge is 2.16. The van der Waals surface area contributed by atoms with Crippen molar-refractivity contribution < 1.29 is 9.53 Å². The Hall–Kier alpha value is -2.60. The number of ether oxygens (including phenoxy) is 1. The maximum Gasteiger partial charge on any atom is 0.271 e. The van der Waals surface area contributed by atoms with Crippen molar-refractivity contribution in [2.24, 2.45) is 5.10 Å². The lowest BCUT2D eigenvalue weighted by Gasteiger charge is -2.10. The summed E-state index contributed by atoms with van der Waals surface area (Å²) in [6, 6.07) is 11.5. The van der Waals surface area contributed by atoms with Crippen LogP contribution in [0, 0.1) is 0 Å². The Bertz CT molecular complexity index is 1060. The molecule has 28 heavy (non-hydrogen) atoms. The lowest BCUT2D eigenvalue weighted by atomic mass is 9.95. The topological polar surface area (TPSA) is 66.5 Å². The minimum Gasteiger partial charge on any atom is -0.493 e. The molecule has 0 fully saturated rings. The number of amides is 1. The molecule has 1 aromatic heterocycles. The standard InChI is InChI=1S/C22H22BrN3O2/c1-2-28-21-10-7-14(11-18(21)23)13-24-26-22(27)15-8-9-20-17(12-15)16-5-3-4-6-19(16)25-20/h7-13,25H,2-6H2,1H3,(H,26,27)/b24-13-. The van der Waals surface area contributed by atoms with Crippen molar-refractivity contribution in [3.8, 4) is 5.75 Å². The molecule has 0 radical (unpaired) electrons. The van der Waals surface area contributed by atoms with Gasteiger partial charge in [-0.25, -0.2) is 5.43 Å². The number of nitrogens with one attached hydrogen (secondary N) is 2. The molecule has 1 aliphatic carbocycles. The predicted octanol–water partition coefficient (Wildman–Crippen LogP) is 4.97. The molecule has 2 N–H and O–H groups in total. The summed E-state index contributed by atoms with van der Waals surface area (Å²) in [4.78, 5) is 16.0. The van der Waals surface area contributed by atoms with Crippen LogP contribution in [0.5, 0.6) is 5.75 Å². The minimum atomic E-state index is -0.214. The van der Waals surface area contributed by atoms with Crippen molar-refractivity contribution >= 4 is 39.0 Å². The molecular formula is C22H22BrN3O2. The summed E-state index contributed by atoms with van der Waals surface area (Å²) in [5.41, 5.74) is 7.88. The summed E-state index contributed by atoms with van der Waals surface area (Å²) in [6.45, 7) is 2.55. The fourth-order valence-corrected chi connectivity index (χ4v) is 4.16. The van der Waals surface area contributed by atoms with E-state index in [0.29, 0.717) is 12.2 Å².